The van der Waals surface area contributed by atoms with Crippen LogP contribution in [-0.4, -0.2) is 43.2 Å². The molecule has 6 heteroatoms. The number of nitrogens with zero attached hydrogens (tertiary/aromatic N) is 1. The van der Waals surface area contributed by atoms with E-state index in [9.17, 15) is 8.42 Å². The quantitative estimate of drug-likeness (QED) is 0.800. The van der Waals surface area contributed by atoms with Gasteiger partial charge in [-0.05, 0) is 24.1 Å². The minimum atomic E-state index is -3.31. The normalized spacial score (nSPS) is 17.8. The van der Waals surface area contributed by atoms with Crippen molar-refractivity contribution in [3.8, 4) is 0 Å². The Morgan fingerprint density at radius 1 is 1.17 bits per heavy atom. The Morgan fingerprint density at radius 2 is 1.78 bits per heavy atom. The standard InChI is InChI=1S/C12H16ClNO2S2/c13-6-5-11-1-3-12(4-2-11)18(15,16)14-7-9-17-10-8-14/h1-4H,5-10H2. The second-order valence-electron chi connectivity index (χ2n) is 4.10. The van der Waals surface area contributed by atoms with Crippen molar-refractivity contribution in [1.29, 1.82) is 0 Å². The van der Waals surface area contributed by atoms with Gasteiger partial charge in [0.1, 0.15) is 0 Å². The summed E-state index contributed by atoms with van der Waals surface area (Å²) in [5.41, 5.74) is 1.07. The zero-order valence-electron chi connectivity index (χ0n) is 10.0. The second kappa shape index (κ2) is 6.28. The molecule has 0 saturated carbocycles. The van der Waals surface area contributed by atoms with Gasteiger partial charge in [-0.1, -0.05) is 12.1 Å². The number of alkyl halides is 1. The molecule has 1 aromatic carbocycles. The molecule has 3 nitrogen and oxygen atoms in total. The molecule has 1 aliphatic heterocycles. The molecule has 0 unspecified atom stereocenters. The molecule has 1 aliphatic rings. The molecule has 1 heterocycles. The van der Waals surface area contributed by atoms with Crippen LogP contribution in [0.4, 0.5) is 0 Å². The monoisotopic (exact) mass is 305 g/mol. The van der Waals surface area contributed by atoms with Gasteiger partial charge in [0.15, 0.2) is 0 Å². The Bertz CT molecular complexity index is 481. The fourth-order valence-electron chi connectivity index (χ4n) is 1.87. The first-order chi connectivity index (χ1) is 8.64. The predicted molar refractivity (Wildman–Crippen MR) is 76.9 cm³/mol. The lowest BCUT2D eigenvalue weighted by molar-refractivity contribution is 0.443. The van der Waals surface area contributed by atoms with Gasteiger partial charge in [-0.2, -0.15) is 16.1 Å². The van der Waals surface area contributed by atoms with Gasteiger partial charge in [0.25, 0.3) is 0 Å². The molecular formula is C12H16ClNO2S2. The van der Waals surface area contributed by atoms with Crippen LogP contribution in [0.2, 0.25) is 0 Å². The number of halogens is 1. The third kappa shape index (κ3) is 3.20. The average Bonchev–Trinajstić information content (AvgIpc) is 2.41. The van der Waals surface area contributed by atoms with Gasteiger partial charge < -0.3 is 0 Å². The fourth-order valence-corrected chi connectivity index (χ4v) is 4.67. The van der Waals surface area contributed by atoms with Crippen LogP contribution in [0.15, 0.2) is 29.2 Å². The van der Waals surface area contributed by atoms with Crippen molar-refractivity contribution in [2.75, 3.05) is 30.5 Å². The van der Waals surface area contributed by atoms with E-state index < -0.39 is 10.0 Å². The molecular weight excluding hydrogens is 290 g/mol. The van der Waals surface area contributed by atoms with Crippen molar-refractivity contribution in [3.05, 3.63) is 29.8 Å². The lowest BCUT2D eigenvalue weighted by Crippen LogP contribution is -2.37. The molecule has 0 aliphatic carbocycles. The van der Waals surface area contributed by atoms with Gasteiger partial charge in [-0.25, -0.2) is 8.42 Å². The summed E-state index contributed by atoms with van der Waals surface area (Å²) in [6, 6.07) is 7.04. The van der Waals surface area contributed by atoms with Crippen LogP contribution in [0.5, 0.6) is 0 Å². The molecule has 1 saturated heterocycles. The first-order valence-electron chi connectivity index (χ1n) is 5.87. The number of aryl methyl sites for hydroxylation is 1. The Balaban J connectivity index is 2.18. The van der Waals surface area contributed by atoms with Crippen molar-refractivity contribution >= 4 is 33.4 Å². The molecule has 1 fully saturated rings. The van der Waals surface area contributed by atoms with Crippen molar-refractivity contribution in [3.63, 3.8) is 0 Å². The zero-order valence-corrected chi connectivity index (χ0v) is 12.4. The van der Waals surface area contributed by atoms with Gasteiger partial charge in [0, 0.05) is 30.5 Å². The lowest BCUT2D eigenvalue weighted by Gasteiger charge is -2.25. The fraction of sp³-hybridized carbons (Fsp3) is 0.500. The third-order valence-electron chi connectivity index (χ3n) is 2.91. The number of hydrogen-bond donors (Lipinski definition) is 0. The van der Waals surface area contributed by atoms with E-state index in [1.54, 1.807) is 28.2 Å². The number of thioether (sulfide) groups is 1. The van der Waals surface area contributed by atoms with Crippen LogP contribution in [0, 0.1) is 0 Å². The average molecular weight is 306 g/mol. The first-order valence-corrected chi connectivity index (χ1v) is 9.00. The number of benzene rings is 1. The summed E-state index contributed by atoms with van der Waals surface area (Å²) in [5.74, 6) is 2.31. The SMILES string of the molecule is O=S(=O)(c1ccc(CCCl)cc1)N1CCSCC1. The maximum atomic E-state index is 12.3. The molecule has 0 radical (unpaired) electrons. The van der Waals surface area contributed by atoms with E-state index in [4.69, 9.17) is 11.6 Å². The summed E-state index contributed by atoms with van der Waals surface area (Å²) >= 11 is 7.46. The minimum absolute atomic E-state index is 0.382. The predicted octanol–water partition coefficient (Wildman–Crippen LogP) is 2.21. The van der Waals surface area contributed by atoms with Crippen molar-refractivity contribution in [2.24, 2.45) is 0 Å². The van der Waals surface area contributed by atoms with Crippen LogP contribution < -0.4 is 0 Å². The highest BCUT2D eigenvalue weighted by molar-refractivity contribution is 7.99. The highest BCUT2D eigenvalue weighted by Crippen LogP contribution is 2.20. The molecule has 100 valence electrons. The Labute approximate surface area is 118 Å². The Hall–Kier alpha value is -0.230. The Morgan fingerprint density at radius 3 is 2.33 bits per heavy atom. The molecule has 0 spiro atoms. The highest BCUT2D eigenvalue weighted by Gasteiger charge is 2.25. The van der Waals surface area contributed by atoms with Gasteiger partial charge in [-0.15, -0.1) is 11.6 Å². The number of hydrogen-bond acceptors (Lipinski definition) is 3. The van der Waals surface area contributed by atoms with Crippen molar-refractivity contribution < 1.29 is 8.42 Å². The molecule has 0 aromatic heterocycles. The Kier molecular flexibility index (Phi) is 4.95. The maximum absolute atomic E-state index is 12.3. The summed E-state index contributed by atoms with van der Waals surface area (Å²) in [7, 11) is -3.31. The molecule has 0 bridgehead atoms. The van der Waals surface area contributed by atoms with E-state index in [1.165, 1.54) is 0 Å². The van der Waals surface area contributed by atoms with Gasteiger partial charge >= 0.3 is 0 Å². The first kappa shape index (κ1) is 14.2. The molecule has 0 amide bonds. The van der Waals surface area contributed by atoms with Gasteiger partial charge in [-0.3, -0.25) is 0 Å². The molecule has 18 heavy (non-hydrogen) atoms. The smallest absolute Gasteiger partial charge is 0.207 e. The van der Waals surface area contributed by atoms with Crippen molar-refractivity contribution in [1.82, 2.24) is 4.31 Å². The van der Waals surface area contributed by atoms with Crippen molar-refractivity contribution in [2.45, 2.75) is 11.3 Å². The second-order valence-corrected chi connectivity index (χ2v) is 7.64. The number of rotatable bonds is 4. The molecule has 0 N–H and O–H groups in total. The minimum Gasteiger partial charge on any atom is -0.207 e. The van der Waals surface area contributed by atoms with Crippen LogP contribution in [-0.2, 0) is 16.4 Å². The lowest BCUT2D eigenvalue weighted by atomic mass is 10.2. The molecule has 2 rings (SSSR count). The van der Waals surface area contributed by atoms with E-state index in [2.05, 4.69) is 0 Å². The summed E-state index contributed by atoms with van der Waals surface area (Å²) in [6.07, 6.45) is 0.766. The van der Waals surface area contributed by atoms with Crippen LogP contribution >= 0.6 is 23.4 Å². The summed E-state index contributed by atoms with van der Waals surface area (Å²) in [5, 5.41) is 0. The molecule has 1 aromatic rings. The molecule has 0 atom stereocenters. The maximum Gasteiger partial charge on any atom is 0.243 e. The van der Waals surface area contributed by atoms with Gasteiger partial charge in [0.2, 0.25) is 10.0 Å². The highest BCUT2D eigenvalue weighted by atomic mass is 35.5. The van der Waals surface area contributed by atoms with E-state index >= 15 is 0 Å². The summed E-state index contributed by atoms with van der Waals surface area (Å²) in [4.78, 5) is 0.382. The largest absolute Gasteiger partial charge is 0.243 e. The van der Waals surface area contributed by atoms with Crippen LogP contribution in [0.1, 0.15) is 5.56 Å². The summed E-state index contributed by atoms with van der Waals surface area (Å²) < 4.78 is 26.3. The topological polar surface area (TPSA) is 37.4 Å². The van der Waals surface area contributed by atoms with Crippen LogP contribution in [0.25, 0.3) is 0 Å². The van der Waals surface area contributed by atoms with E-state index in [-0.39, 0.29) is 0 Å². The van der Waals surface area contributed by atoms with Gasteiger partial charge in [0.05, 0.1) is 4.90 Å². The number of sulfonamides is 1. The van der Waals surface area contributed by atoms with E-state index in [1.807, 2.05) is 12.1 Å². The third-order valence-corrected chi connectivity index (χ3v) is 5.96. The van der Waals surface area contributed by atoms with E-state index in [0.29, 0.717) is 23.9 Å². The van der Waals surface area contributed by atoms with Crippen LogP contribution in [0.3, 0.4) is 0 Å². The zero-order chi connectivity index (χ0) is 13.0. The van der Waals surface area contributed by atoms with E-state index in [0.717, 1.165) is 23.5 Å². The summed E-state index contributed by atoms with van der Waals surface area (Å²) in [6.45, 7) is 1.22.